The number of aliphatic hydroxyl groups excluding tert-OH is 1. The normalized spacial score (nSPS) is 11.7. The van der Waals surface area contributed by atoms with Crippen LogP contribution in [0.1, 0.15) is 17.2 Å². The van der Waals surface area contributed by atoms with Crippen LogP contribution < -0.4 is 15.2 Å². The van der Waals surface area contributed by atoms with Crippen LogP contribution in [0.25, 0.3) is 0 Å². The van der Waals surface area contributed by atoms with E-state index in [1.54, 1.807) is 12.1 Å². The number of hydrogen-bond donors (Lipinski definition) is 2. The summed E-state index contributed by atoms with van der Waals surface area (Å²) in [6.45, 7) is 0.101. The van der Waals surface area contributed by atoms with Crippen LogP contribution in [0.5, 0.6) is 11.5 Å². The number of nitrogens with two attached hydrogens (primary N) is 1. The van der Waals surface area contributed by atoms with E-state index in [-0.39, 0.29) is 6.54 Å². The predicted octanol–water partition coefficient (Wildman–Crippen LogP) is 0.677. The summed E-state index contributed by atoms with van der Waals surface area (Å²) in [7, 11) is 3.04. The first-order chi connectivity index (χ1) is 7.67. The van der Waals surface area contributed by atoms with E-state index >= 15 is 0 Å². The Kier molecular flexibility index (Phi) is 4.18. The van der Waals surface area contributed by atoms with Crippen LogP contribution in [-0.4, -0.2) is 25.9 Å². The van der Waals surface area contributed by atoms with Crippen LogP contribution in [0.15, 0.2) is 12.1 Å². The molecule has 16 heavy (non-hydrogen) atoms. The fraction of sp³-hybridized carbons (Fsp3) is 0.333. The minimum absolute atomic E-state index is 0.101. The molecule has 0 heterocycles. The zero-order chi connectivity index (χ0) is 12.1. The van der Waals surface area contributed by atoms with E-state index in [1.165, 1.54) is 14.2 Å². The van der Waals surface area contributed by atoms with Gasteiger partial charge in [0.25, 0.3) is 0 Å². The Labute approximate surface area is 95.0 Å². The van der Waals surface area contributed by atoms with Gasteiger partial charge in [0.15, 0.2) is 11.5 Å². The molecule has 0 fully saturated rings. The van der Waals surface area contributed by atoms with Gasteiger partial charge in [-0.2, -0.15) is 0 Å². The van der Waals surface area contributed by atoms with Gasteiger partial charge in [-0.3, -0.25) is 0 Å². The predicted molar refractivity (Wildman–Crippen MR) is 61.5 cm³/mol. The van der Waals surface area contributed by atoms with Crippen molar-refractivity contribution in [1.29, 1.82) is 0 Å². The lowest BCUT2D eigenvalue weighted by molar-refractivity contribution is 0.186. The second kappa shape index (κ2) is 5.40. The zero-order valence-electron chi connectivity index (χ0n) is 9.36. The minimum atomic E-state index is -0.800. The van der Waals surface area contributed by atoms with Gasteiger partial charge in [0.2, 0.25) is 0 Å². The van der Waals surface area contributed by atoms with E-state index in [9.17, 15) is 5.11 Å². The molecular weight excluding hydrogens is 206 g/mol. The van der Waals surface area contributed by atoms with E-state index in [0.29, 0.717) is 22.6 Å². The maximum absolute atomic E-state index is 9.71. The van der Waals surface area contributed by atoms with Crippen LogP contribution in [-0.2, 0) is 0 Å². The molecule has 0 amide bonds. The summed E-state index contributed by atoms with van der Waals surface area (Å²) in [5.41, 5.74) is 6.52. The van der Waals surface area contributed by atoms with E-state index in [1.807, 2.05) is 0 Å². The van der Waals surface area contributed by atoms with Crippen molar-refractivity contribution in [2.45, 2.75) is 6.10 Å². The topological polar surface area (TPSA) is 64.7 Å². The molecule has 0 aliphatic rings. The summed E-state index contributed by atoms with van der Waals surface area (Å²) in [6.07, 6.45) is 4.56. The number of ether oxygens (including phenoxy) is 2. The number of rotatable bonds is 4. The maximum atomic E-state index is 9.71. The molecule has 86 valence electrons. The van der Waals surface area contributed by atoms with Crippen molar-refractivity contribution >= 4 is 0 Å². The summed E-state index contributed by atoms with van der Waals surface area (Å²) in [4.78, 5) is 0. The Bertz CT molecular complexity index is 409. The molecule has 0 saturated carbocycles. The van der Waals surface area contributed by atoms with Crippen LogP contribution in [0.2, 0.25) is 0 Å². The van der Waals surface area contributed by atoms with Crippen molar-refractivity contribution in [3.05, 3.63) is 23.3 Å². The molecule has 3 N–H and O–H groups in total. The average Bonchev–Trinajstić information content (AvgIpc) is 2.35. The van der Waals surface area contributed by atoms with Gasteiger partial charge in [-0.05, 0) is 12.1 Å². The van der Waals surface area contributed by atoms with E-state index in [0.717, 1.165) is 0 Å². The van der Waals surface area contributed by atoms with Gasteiger partial charge < -0.3 is 20.3 Å². The van der Waals surface area contributed by atoms with Gasteiger partial charge in [-0.25, -0.2) is 0 Å². The number of aliphatic hydroxyl groups is 1. The molecule has 0 spiro atoms. The summed E-state index contributed by atoms with van der Waals surface area (Å²) in [5.74, 6) is 3.53. The SMILES string of the molecule is C#Cc1cc(OC)c(OC)cc1C(O)CN. The lowest BCUT2D eigenvalue weighted by atomic mass is 10.0. The molecule has 0 bridgehead atoms. The van der Waals surface area contributed by atoms with E-state index < -0.39 is 6.10 Å². The second-order valence-electron chi connectivity index (χ2n) is 3.19. The first-order valence-electron chi connectivity index (χ1n) is 4.78. The smallest absolute Gasteiger partial charge is 0.161 e. The maximum Gasteiger partial charge on any atom is 0.161 e. The zero-order valence-corrected chi connectivity index (χ0v) is 9.36. The third kappa shape index (κ3) is 2.27. The summed E-state index contributed by atoms with van der Waals surface area (Å²) in [6, 6.07) is 3.29. The molecule has 0 aliphatic heterocycles. The van der Waals surface area contributed by atoms with Crippen LogP contribution >= 0.6 is 0 Å². The number of methoxy groups -OCH3 is 2. The molecule has 4 heteroatoms. The molecule has 0 aliphatic carbocycles. The molecule has 4 nitrogen and oxygen atoms in total. The molecule has 1 aromatic rings. The molecule has 1 unspecified atom stereocenters. The summed E-state index contributed by atoms with van der Waals surface area (Å²) in [5, 5.41) is 9.71. The number of benzene rings is 1. The third-order valence-corrected chi connectivity index (χ3v) is 2.29. The summed E-state index contributed by atoms with van der Waals surface area (Å²) < 4.78 is 10.2. The van der Waals surface area contributed by atoms with E-state index in [4.69, 9.17) is 21.6 Å². The van der Waals surface area contributed by atoms with Crippen molar-refractivity contribution < 1.29 is 14.6 Å². The summed E-state index contributed by atoms with van der Waals surface area (Å²) >= 11 is 0. The Hall–Kier alpha value is -1.70. The Balaban J connectivity index is 3.33. The van der Waals surface area contributed by atoms with Crippen molar-refractivity contribution in [2.75, 3.05) is 20.8 Å². The molecule has 0 aromatic heterocycles. The molecule has 1 atom stereocenters. The van der Waals surface area contributed by atoms with Crippen LogP contribution in [0.4, 0.5) is 0 Å². The first kappa shape index (κ1) is 12.4. The highest BCUT2D eigenvalue weighted by molar-refractivity contribution is 5.53. The largest absolute Gasteiger partial charge is 0.493 e. The lowest BCUT2D eigenvalue weighted by Crippen LogP contribution is -2.13. The third-order valence-electron chi connectivity index (χ3n) is 2.29. The quantitative estimate of drug-likeness (QED) is 0.734. The van der Waals surface area contributed by atoms with Crippen molar-refractivity contribution in [2.24, 2.45) is 5.73 Å². The van der Waals surface area contributed by atoms with Gasteiger partial charge >= 0.3 is 0 Å². The first-order valence-corrected chi connectivity index (χ1v) is 4.78. The van der Waals surface area contributed by atoms with Crippen molar-refractivity contribution in [1.82, 2.24) is 0 Å². The average molecular weight is 221 g/mol. The highest BCUT2D eigenvalue weighted by atomic mass is 16.5. The Morgan fingerprint density at radius 1 is 1.38 bits per heavy atom. The lowest BCUT2D eigenvalue weighted by Gasteiger charge is -2.15. The molecule has 0 radical (unpaired) electrons. The highest BCUT2D eigenvalue weighted by Crippen LogP contribution is 2.32. The number of hydrogen-bond acceptors (Lipinski definition) is 4. The monoisotopic (exact) mass is 221 g/mol. The molecule has 1 aromatic carbocycles. The highest BCUT2D eigenvalue weighted by Gasteiger charge is 2.15. The van der Waals surface area contributed by atoms with Crippen LogP contribution in [0.3, 0.4) is 0 Å². The van der Waals surface area contributed by atoms with E-state index in [2.05, 4.69) is 5.92 Å². The Morgan fingerprint density at radius 3 is 2.38 bits per heavy atom. The second-order valence-corrected chi connectivity index (χ2v) is 3.19. The Morgan fingerprint density at radius 2 is 1.94 bits per heavy atom. The van der Waals surface area contributed by atoms with Gasteiger partial charge in [0.05, 0.1) is 20.3 Å². The fourth-order valence-corrected chi connectivity index (χ4v) is 1.42. The van der Waals surface area contributed by atoms with Gasteiger partial charge in [0, 0.05) is 17.7 Å². The number of terminal acetylenes is 1. The van der Waals surface area contributed by atoms with Gasteiger partial charge in [-0.1, -0.05) is 5.92 Å². The minimum Gasteiger partial charge on any atom is -0.493 e. The fourth-order valence-electron chi connectivity index (χ4n) is 1.42. The van der Waals surface area contributed by atoms with Gasteiger partial charge in [0.1, 0.15) is 0 Å². The van der Waals surface area contributed by atoms with Crippen molar-refractivity contribution in [3.63, 3.8) is 0 Å². The molecular formula is C12H15NO3. The van der Waals surface area contributed by atoms with Crippen molar-refractivity contribution in [3.8, 4) is 23.8 Å². The standard InChI is InChI=1S/C12H15NO3/c1-4-8-5-11(15-2)12(16-3)6-9(8)10(14)7-13/h1,5-6,10,14H,7,13H2,2-3H3. The molecule has 1 rings (SSSR count). The van der Waals surface area contributed by atoms with Crippen LogP contribution in [0, 0.1) is 12.3 Å². The molecule has 0 saturated heterocycles. The van der Waals surface area contributed by atoms with Gasteiger partial charge in [-0.15, -0.1) is 6.42 Å².